The molecule has 0 aromatic carbocycles. The fraction of sp³-hybridized carbons (Fsp3) is 0.692. The Morgan fingerprint density at radius 3 is 3.00 bits per heavy atom. The van der Waals surface area contributed by atoms with Crippen LogP contribution >= 0.6 is 11.3 Å². The van der Waals surface area contributed by atoms with E-state index in [-0.39, 0.29) is 11.8 Å². The van der Waals surface area contributed by atoms with Crippen LogP contribution in [0.15, 0.2) is 5.38 Å². The van der Waals surface area contributed by atoms with Gasteiger partial charge in [-0.3, -0.25) is 4.79 Å². The molecule has 2 heterocycles. The highest BCUT2D eigenvalue weighted by atomic mass is 32.1. The second kappa shape index (κ2) is 6.85. The standard InChI is InChI=1S/C13H21N3OS/c1-10-9-18-12(16-10)3-2-6-15-13(17)11-4-7-14-8-5-11/h9,11,14H,2-8H2,1H3,(H,15,17). The average Bonchev–Trinajstić information content (AvgIpc) is 2.81. The van der Waals surface area contributed by atoms with Crippen molar-refractivity contribution in [1.82, 2.24) is 15.6 Å². The monoisotopic (exact) mass is 267 g/mol. The Kier molecular flexibility index (Phi) is 5.13. The van der Waals surface area contributed by atoms with Crippen molar-refractivity contribution in [1.29, 1.82) is 0 Å². The van der Waals surface area contributed by atoms with Gasteiger partial charge in [0, 0.05) is 30.0 Å². The third kappa shape index (κ3) is 4.07. The van der Waals surface area contributed by atoms with E-state index in [0.717, 1.165) is 51.0 Å². The number of aromatic nitrogens is 1. The molecule has 5 heteroatoms. The average molecular weight is 267 g/mol. The quantitative estimate of drug-likeness (QED) is 0.795. The summed E-state index contributed by atoms with van der Waals surface area (Å²) in [5, 5.41) is 9.56. The molecule has 1 fully saturated rings. The molecule has 1 amide bonds. The van der Waals surface area contributed by atoms with Crippen LogP contribution in [-0.4, -0.2) is 30.5 Å². The summed E-state index contributed by atoms with van der Waals surface area (Å²) in [6.07, 6.45) is 3.88. The summed E-state index contributed by atoms with van der Waals surface area (Å²) in [6, 6.07) is 0. The van der Waals surface area contributed by atoms with Crippen LogP contribution in [0.2, 0.25) is 0 Å². The van der Waals surface area contributed by atoms with E-state index < -0.39 is 0 Å². The summed E-state index contributed by atoms with van der Waals surface area (Å²) in [6.45, 7) is 4.72. The maximum atomic E-state index is 11.9. The van der Waals surface area contributed by atoms with E-state index >= 15 is 0 Å². The van der Waals surface area contributed by atoms with Gasteiger partial charge in [0.15, 0.2) is 0 Å². The Hall–Kier alpha value is -0.940. The highest BCUT2D eigenvalue weighted by Gasteiger charge is 2.19. The van der Waals surface area contributed by atoms with Gasteiger partial charge in [-0.15, -0.1) is 11.3 Å². The summed E-state index contributed by atoms with van der Waals surface area (Å²) < 4.78 is 0. The van der Waals surface area contributed by atoms with Crippen molar-refractivity contribution in [2.24, 2.45) is 5.92 Å². The van der Waals surface area contributed by atoms with Crippen LogP contribution in [0.3, 0.4) is 0 Å². The molecule has 0 saturated carbocycles. The molecule has 100 valence electrons. The Morgan fingerprint density at radius 2 is 2.33 bits per heavy atom. The maximum absolute atomic E-state index is 11.9. The van der Waals surface area contributed by atoms with Crippen LogP contribution in [0, 0.1) is 12.8 Å². The molecule has 0 unspecified atom stereocenters. The molecule has 0 bridgehead atoms. The van der Waals surface area contributed by atoms with Gasteiger partial charge in [-0.05, 0) is 39.3 Å². The van der Waals surface area contributed by atoms with Gasteiger partial charge in [-0.25, -0.2) is 4.98 Å². The van der Waals surface area contributed by atoms with Crippen molar-refractivity contribution in [2.45, 2.75) is 32.6 Å². The van der Waals surface area contributed by atoms with Crippen molar-refractivity contribution < 1.29 is 4.79 Å². The van der Waals surface area contributed by atoms with Crippen LogP contribution in [-0.2, 0) is 11.2 Å². The molecule has 4 nitrogen and oxygen atoms in total. The number of nitrogens with one attached hydrogen (secondary N) is 2. The molecule has 18 heavy (non-hydrogen) atoms. The molecule has 0 atom stereocenters. The van der Waals surface area contributed by atoms with Gasteiger partial charge in [0.2, 0.25) is 5.91 Å². The van der Waals surface area contributed by atoms with E-state index in [0.29, 0.717) is 0 Å². The molecule has 1 aliphatic rings. The normalized spacial score (nSPS) is 16.7. The topological polar surface area (TPSA) is 54.0 Å². The van der Waals surface area contributed by atoms with Crippen molar-refractivity contribution in [2.75, 3.05) is 19.6 Å². The minimum atomic E-state index is 0.216. The zero-order valence-electron chi connectivity index (χ0n) is 10.9. The largest absolute Gasteiger partial charge is 0.356 e. The summed E-state index contributed by atoms with van der Waals surface area (Å²) >= 11 is 1.70. The molecular formula is C13H21N3OS. The predicted octanol–water partition coefficient (Wildman–Crippen LogP) is 1.50. The van der Waals surface area contributed by atoms with Gasteiger partial charge >= 0.3 is 0 Å². The Morgan fingerprint density at radius 1 is 1.56 bits per heavy atom. The first kappa shape index (κ1) is 13.5. The molecule has 1 saturated heterocycles. The molecule has 0 radical (unpaired) electrons. The summed E-state index contributed by atoms with van der Waals surface area (Å²) in [4.78, 5) is 16.3. The van der Waals surface area contributed by atoms with Crippen molar-refractivity contribution in [3.63, 3.8) is 0 Å². The van der Waals surface area contributed by atoms with E-state index in [4.69, 9.17) is 0 Å². The van der Waals surface area contributed by atoms with Crippen molar-refractivity contribution >= 4 is 17.2 Å². The van der Waals surface area contributed by atoms with Crippen LogP contribution < -0.4 is 10.6 Å². The van der Waals surface area contributed by atoms with E-state index in [9.17, 15) is 4.79 Å². The van der Waals surface area contributed by atoms with Gasteiger partial charge in [0.25, 0.3) is 0 Å². The van der Waals surface area contributed by atoms with Gasteiger partial charge in [0.05, 0.1) is 5.01 Å². The van der Waals surface area contributed by atoms with Crippen molar-refractivity contribution in [3.8, 4) is 0 Å². The lowest BCUT2D eigenvalue weighted by Crippen LogP contribution is -2.38. The number of amides is 1. The number of carbonyl (C=O) groups excluding carboxylic acids is 1. The number of hydrogen-bond acceptors (Lipinski definition) is 4. The molecule has 0 aliphatic carbocycles. The molecule has 2 N–H and O–H groups in total. The number of rotatable bonds is 5. The lowest BCUT2D eigenvalue weighted by Gasteiger charge is -2.21. The van der Waals surface area contributed by atoms with Crippen LogP contribution in [0.4, 0.5) is 0 Å². The number of aryl methyl sites for hydroxylation is 2. The number of hydrogen-bond donors (Lipinski definition) is 2. The second-order valence-electron chi connectivity index (χ2n) is 4.80. The first-order valence-electron chi connectivity index (χ1n) is 6.65. The predicted molar refractivity (Wildman–Crippen MR) is 73.8 cm³/mol. The number of thiazole rings is 1. The van der Waals surface area contributed by atoms with Gasteiger partial charge in [-0.2, -0.15) is 0 Å². The Bertz CT molecular complexity index is 385. The smallest absolute Gasteiger partial charge is 0.223 e. The fourth-order valence-electron chi connectivity index (χ4n) is 2.20. The first-order valence-corrected chi connectivity index (χ1v) is 7.53. The maximum Gasteiger partial charge on any atom is 0.223 e. The third-order valence-electron chi connectivity index (χ3n) is 3.24. The lowest BCUT2D eigenvalue weighted by molar-refractivity contribution is -0.125. The van der Waals surface area contributed by atoms with E-state index in [1.807, 2.05) is 6.92 Å². The van der Waals surface area contributed by atoms with Gasteiger partial charge < -0.3 is 10.6 Å². The number of piperidine rings is 1. The zero-order valence-corrected chi connectivity index (χ0v) is 11.7. The highest BCUT2D eigenvalue weighted by Crippen LogP contribution is 2.12. The minimum absolute atomic E-state index is 0.216. The van der Waals surface area contributed by atoms with Crippen LogP contribution in [0.1, 0.15) is 30.0 Å². The SMILES string of the molecule is Cc1csc(CCCNC(=O)C2CCNCC2)n1. The highest BCUT2D eigenvalue weighted by molar-refractivity contribution is 7.09. The molecule has 1 aliphatic heterocycles. The Balaban J connectivity index is 1.61. The molecule has 0 spiro atoms. The summed E-state index contributed by atoms with van der Waals surface area (Å²) in [7, 11) is 0. The summed E-state index contributed by atoms with van der Waals surface area (Å²) in [5.41, 5.74) is 1.09. The zero-order chi connectivity index (χ0) is 12.8. The molecule has 1 aromatic heterocycles. The minimum Gasteiger partial charge on any atom is -0.356 e. The van der Waals surface area contributed by atoms with E-state index in [1.165, 1.54) is 5.01 Å². The van der Waals surface area contributed by atoms with Crippen molar-refractivity contribution in [3.05, 3.63) is 16.1 Å². The number of nitrogens with zero attached hydrogens (tertiary/aromatic N) is 1. The second-order valence-corrected chi connectivity index (χ2v) is 5.74. The molecule has 1 aromatic rings. The lowest BCUT2D eigenvalue weighted by atomic mass is 9.97. The van der Waals surface area contributed by atoms with Crippen LogP contribution in [0.25, 0.3) is 0 Å². The fourth-order valence-corrected chi connectivity index (χ4v) is 3.02. The molecular weight excluding hydrogens is 246 g/mol. The Labute approximate surface area is 112 Å². The van der Waals surface area contributed by atoms with E-state index in [2.05, 4.69) is 21.0 Å². The van der Waals surface area contributed by atoms with Gasteiger partial charge in [0.1, 0.15) is 0 Å². The number of carbonyl (C=O) groups is 1. The third-order valence-corrected chi connectivity index (χ3v) is 4.27. The van der Waals surface area contributed by atoms with E-state index in [1.54, 1.807) is 11.3 Å². The molecule has 2 rings (SSSR count). The summed E-state index contributed by atoms with van der Waals surface area (Å²) in [5.74, 6) is 0.445. The van der Waals surface area contributed by atoms with Crippen LogP contribution in [0.5, 0.6) is 0 Å². The van der Waals surface area contributed by atoms with Gasteiger partial charge in [-0.1, -0.05) is 0 Å². The first-order chi connectivity index (χ1) is 8.75.